The smallest absolute Gasteiger partial charge is 0.245 e. The Morgan fingerprint density at radius 3 is 2.62 bits per heavy atom. The first-order valence-electron chi connectivity index (χ1n) is 7.51. The molecule has 1 saturated carbocycles. The Kier molecular flexibility index (Phi) is 4.19. The van der Waals surface area contributed by atoms with E-state index in [1.807, 2.05) is 0 Å². The second-order valence-electron chi connectivity index (χ2n) is 5.93. The summed E-state index contributed by atoms with van der Waals surface area (Å²) < 4.78 is 32.8. The molecule has 2 aliphatic rings. The first-order chi connectivity index (χ1) is 10.1. The highest BCUT2D eigenvalue weighted by Crippen LogP contribution is 2.36. The molecule has 21 heavy (non-hydrogen) atoms. The van der Waals surface area contributed by atoms with Crippen LogP contribution in [0, 0.1) is 11.8 Å². The van der Waals surface area contributed by atoms with E-state index in [-0.39, 0.29) is 4.90 Å². The Balaban J connectivity index is 1.84. The summed E-state index contributed by atoms with van der Waals surface area (Å²) in [6, 6.07) is 6.66. The Labute approximate surface area is 126 Å². The Morgan fingerprint density at radius 1 is 1.19 bits per heavy atom. The molecule has 1 aliphatic carbocycles. The summed E-state index contributed by atoms with van der Waals surface area (Å²) in [6.45, 7) is 2.07. The summed E-state index contributed by atoms with van der Waals surface area (Å²) in [5.41, 5.74) is 6.16. The Hall–Kier alpha value is -1.11. The molecule has 6 heteroatoms. The molecule has 1 heterocycles. The third-order valence-corrected chi connectivity index (χ3v) is 6.55. The number of para-hydroxylation sites is 1. The number of rotatable bonds is 3. The molecular weight excluding hydrogens is 288 g/mol. The van der Waals surface area contributed by atoms with E-state index in [1.165, 1.54) is 19.3 Å². The molecule has 1 saturated heterocycles. The number of nitrogens with two attached hydrogens (primary N) is 1. The van der Waals surface area contributed by atoms with E-state index < -0.39 is 10.0 Å². The van der Waals surface area contributed by atoms with Crippen LogP contribution in [0.3, 0.4) is 0 Å². The molecule has 0 aromatic heterocycles. The van der Waals surface area contributed by atoms with Crippen molar-refractivity contribution in [3.05, 3.63) is 24.3 Å². The summed E-state index contributed by atoms with van der Waals surface area (Å²) in [4.78, 5) is 0.208. The molecule has 3 rings (SSSR count). The van der Waals surface area contributed by atoms with E-state index in [1.54, 1.807) is 28.6 Å². The molecule has 1 aliphatic heterocycles. The molecule has 2 fully saturated rings. The fourth-order valence-electron chi connectivity index (χ4n) is 3.08. The van der Waals surface area contributed by atoms with Gasteiger partial charge in [-0.3, -0.25) is 0 Å². The average Bonchev–Trinajstić information content (AvgIpc) is 2.63. The van der Waals surface area contributed by atoms with Crippen LogP contribution in [0.15, 0.2) is 29.2 Å². The molecule has 2 N–H and O–H groups in total. The van der Waals surface area contributed by atoms with Gasteiger partial charge in [0, 0.05) is 13.1 Å². The van der Waals surface area contributed by atoms with Crippen molar-refractivity contribution in [3.8, 4) is 0 Å². The molecule has 116 valence electrons. The highest BCUT2D eigenvalue weighted by atomic mass is 32.2. The van der Waals surface area contributed by atoms with E-state index in [0.29, 0.717) is 43.8 Å². The Bertz CT molecular complexity index is 599. The number of ether oxygens (including phenoxy) is 1. The van der Waals surface area contributed by atoms with Gasteiger partial charge in [-0.2, -0.15) is 4.31 Å². The van der Waals surface area contributed by atoms with E-state index in [9.17, 15) is 8.42 Å². The summed E-state index contributed by atoms with van der Waals surface area (Å²) >= 11 is 0. The van der Waals surface area contributed by atoms with Gasteiger partial charge in [-0.15, -0.1) is 0 Å². The van der Waals surface area contributed by atoms with Gasteiger partial charge in [-0.05, 0) is 24.0 Å². The fraction of sp³-hybridized carbons (Fsp3) is 0.600. The zero-order chi connectivity index (χ0) is 14.9. The predicted octanol–water partition coefficient (Wildman–Crippen LogP) is 1.71. The summed E-state index contributed by atoms with van der Waals surface area (Å²) in [6.07, 6.45) is 3.63. The van der Waals surface area contributed by atoms with Crippen LogP contribution in [-0.2, 0) is 14.8 Å². The van der Waals surface area contributed by atoms with Crippen molar-refractivity contribution < 1.29 is 13.2 Å². The van der Waals surface area contributed by atoms with Crippen LogP contribution in [0.2, 0.25) is 0 Å². The molecule has 1 unspecified atom stereocenters. The maximum Gasteiger partial charge on any atom is 0.245 e. The van der Waals surface area contributed by atoms with E-state index in [4.69, 9.17) is 10.5 Å². The zero-order valence-electron chi connectivity index (χ0n) is 12.1. The second-order valence-corrected chi connectivity index (χ2v) is 7.83. The fourth-order valence-corrected chi connectivity index (χ4v) is 4.67. The Morgan fingerprint density at radius 2 is 1.95 bits per heavy atom. The SMILES string of the molecule is Nc1ccccc1S(=O)(=O)N1CCOCC(C2CCC2)C1. The highest BCUT2D eigenvalue weighted by molar-refractivity contribution is 7.89. The van der Waals surface area contributed by atoms with Crippen molar-refractivity contribution in [2.24, 2.45) is 11.8 Å². The normalized spacial score (nSPS) is 25.2. The van der Waals surface area contributed by atoms with E-state index in [2.05, 4.69) is 0 Å². The summed E-state index contributed by atoms with van der Waals surface area (Å²) in [5.74, 6) is 0.912. The molecule has 1 atom stereocenters. The topological polar surface area (TPSA) is 72.6 Å². The van der Waals surface area contributed by atoms with Crippen molar-refractivity contribution in [1.29, 1.82) is 0 Å². The lowest BCUT2D eigenvalue weighted by atomic mass is 9.76. The van der Waals surface area contributed by atoms with E-state index >= 15 is 0 Å². The molecule has 5 nitrogen and oxygen atoms in total. The van der Waals surface area contributed by atoms with Crippen LogP contribution in [0.1, 0.15) is 19.3 Å². The number of anilines is 1. The summed E-state index contributed by atoms with van der Waals surface area (Å²) in [7, 11) is -3.54. The zero-order valence-corrected chi connectivity index (χ0v) is 12.9. The molecule has 0 bridgehead atoms. The van der Waals surface area contributed by atoms with Crippen LogP contribution in [0.25, 0.3) is 0 Å². The van der Waals surface area contributed by atoms with Gasteiger partial charge in [0.15, 0.2) is 0 Å². The minimum atomic E-state index is -3.54. The number of sulfonamides is 1. The van der Waals surface area contributed by atoms with E-state index in [0.717, 1.165) is 0 Å². The molecular formula is C15H22N2O3S. The van der Waals surface area contributed by atoms with Crippen molar-refractivity contribution in [1.82, 2.24) is 4.31 Å². The van der Waals surface area contributed by atoms with Crippen LogP contribution in [0.4, 0.5) is 5.69 Å². The lowest BCUT2D eigenvalue weighted by Gasteiger charge is -2.34. The van der Waals surface area contributed by atoms with Gasteiger partial charge in [0.1, 0.15) is 4.90 Å². The van der Waals surface area contributed by atoms with Crippen LogP contribution < -0.4 is 5.73 Å². The molecule has 1 aromatic carbocycles. The van der Waals surface area contributed by atoms with Gasteiger partial charge in [0.2, 0.25) is 10.0 Å². The third kappa shape index (κ3) is 2.93. The second kappa shape index (κ2) is 5.94. The van der Waals surface area contributed by atoms with Crippen molar-refractivity contribution in [2.75, 3.05) is 32.0 Å². The molecule has 0 spiro atoms. The van der Waals surface area contributed by atoms with Crippen LogP contribution >= 0.6 is 0 Å². The molecule has 1 aromatic rings. The van der Waals surface area contributed by atoms with Crippen molar-refractivity contribution in [3.63, 3.8) is 0 Å². The first-order valence-corrected chi connectivity index (χ1v) is 8.95. The maximum atomic E-state index is 12.8. The lowest BCUT2D eigenvalue weighted by molar-refractivity contribution is 0.0779. The number of nitrogens with zero attached hydrogens (tertiary/aromatic N) is 1. The van der Waals surface area contributed by atoms with Gasteiger partial charge in [-0.25, -0.2) is 8.42 Å². The number of hydrogen-bond donors (Lipinski definition) is 1. The minimum absolute atomic E-state index is 0.208. The number of hydrogen-bond acceptors (Lipinski definition) is 4. The third-order valence-electron chi connectivity index (χ3n) is 4.61. The van der Waals surface area contributed by atoms with Crippen LogP contribution in [-0.4, -0.2) is 39.0 Å². The van der Waals surface area contributed by atoms with Crippen LogP contribution in [0.5, 0.6) is 0 Å². The molecule has 0 radical (unpaired) electrons. The van der Waals surface area contributed by atoms with Gasteiger partial charge >= 0.3 is 0 Å². The average molecular weight is 310 g/mol. The minimum Gasteiger partial charge on any atom is -0.398 e. The van der Waals surface area contributed by atoms with Gasteiger partial charge in [0.05, 0.1) is 18.9 Å². The van der Waals surface area contributed by atoms with Crippen molar-refractivity contribution in [2.45, 2.75) is 24.2 Å². The summed E-state index contributed by atoms with van der Waals surface area (Å²) in [5, 5.41) is 0. The largest absolute Gasteiger partial charge is 0.398 e. The first kappa shape index (κ1) is 14.8. The number of benzene rings is 1. The lowest BCUT2D eigenvalue weighted by Crippen LogP contribution is -2.39. The number of nitrogen functional groups attached to an aromatic ring is 1. The monoisotopic (exact) mass is 310 g/mol. The highest BCUT2D eigenvalue weighted by Gasteiger charge is 2.35. The van der Waals surface area contributed by atoms with Gasteiger partial charge < -0.3 is 10.5 Å². The quantitative estimate of drug-likeness (QED) is 0.863. The standard InChI is InChI=1S/C15H22N2O3S/c16-14-6-1-2-7-15(14)21(18,19)17-8-9-20-11-13(10-17)12-4-3-5-12/h1-2,6-7,12-13H,3-5,8-11,16H2. The maximum absolute atomic E-state index is 12.8. The van der Waals surface area contributed by atoms with Gasteiger partial charge in [-0.1, -0.05) is 31.4 Å². The predicted molar refractivity (Wildman–Crippen MR) is 81.3 cm³/mol. The van der Waals surface area contributed by atoms with Crippen molar-refractivity contribution >= 4 is 15.7 Å². The van der Waals surface area contributed by atoms with Gasteiger partial charge in [0.25, 0.3) is 0 Å². The molecule has 0 amide bonds.